The van der Waals surface area contributed by atoms with Crippen LogP contribution in [0.3, 0.4) is 0 Å². The van der Waals surface area contributed by atoms with Gasteiger partial charge in [0.05, 0.1) is 11.1 Å². The van der Waals surface area contributed by atoms with Gasteiger partial charge in [-0.2, -0.15) is 0 Å². The Balaban J connectivity index is 2.77. The SMILES string of the molecule is CCOc1ccc(Br)c(OC(=O)OC(C)(C)C)c1. The van der Waals surface area contributed by atoms with Crippen molar-refractivity contribution in [2.45, 2.75) is 33.3 Å². The zero-order valence-electron chi connectivity index (χ0n) is 11.0. The van der Waals surface area contributed by atoms with Crippen molar-refractivity contribution in [2.24, 2.45) is 0 Å². The number of benzene rings is 1. The van der Waals surface area contributed by atoms with Crippen molar-refractivity contribution in [1.82, 2.24) is 0 Å². The third-order valence-electron chi connectivity index (χ3n) is 1.80. The van der Waals surface area contributed by atoms with Crippen molar-refractivity contribution in [2.75, 3.05) is 6.61 Å². The summed E-state index contributed by atoms with van der Waals surface area (Å²) in [7, 11) is 0. The van der Waals surface area contributed by atoms with E-state index in [1.807, 2.05) is 6.92 Å². The van der Waals surface area contributed by atoms with Crippen molar-refractivity contribution in [3.63, 3.8) is 0 Å². The van der Waals surface area contributed by atoms with Crippen molar-refractivity contribution in [1.29, 1.82) is 0 Å². The van der Waals surface area contributed by atoms with E-state index in [1.54, 1.807) is 39.0 Å². The summed E-state index contributed by atoms with van der Waals surface area (Å²) in [5.41, 5.74) is -0.582. The van der Waals surface area contributed by atoms with Crippen LogP contribution in [0.1, 0.15) is 27.7 Å². The summed E-state index contributed by atoms with van der Waals surface area (Å²) in [4.78, 5) is 11.5. The van der Waals surface area contributed by atoms with Crippen LogP contribution >= 0.6 is 15.9 Å². The second kappa shape index (κ2) is 6.09. The number of carbonyl (C=O) groups excluding carboxylic acids is 1. The molecule has 0 radical (unpaired) electrons. The Kier molecular flexibility index (Phi) is 5.02. The minimum Gasteiger partial charge on any atom is -0.494 e. The molecular weight excluding hydrogens is 300 g/mol. The van der Waals surface area contributed by atoms with E-state index in [0.717, 1.165) is 0 Å². The summed E-state index contributed by atoms with van der Waals surface area (Å²) in [5, 5.41) is 0. The molecule has 1 rings (SSSR count). The van der Waals surface area contributed by atoms with Crippen LogP contribution in [0.2, 0.25) is 0 Å². The molecule has 100 valence electrons. The number of rotatable bonds is 3. The van der Waals surface area contributed by atoms with Crippen LogP contribution in [0.15, 0.2) is 22.7 Å². The Labute approximate surface area is 115 Å². The Morgan fingerprint density at radius 2 is 2.00 bits per heavy atom. The fourth-order valence-electron chi connectivity index (χ4n) is 1.18. The summed E-state index contributed by atoms with van der Waals surface area (Å²) in [5.74, 6) is 1.01. The Bertz CT molecular complexity index is 423. The van der Waals surface area contributed by atoms with E-state index in [1.165, 1.54) is 0 Å². The fraction of sp³-hybridized carbons (Fsp3) is 0.462. The molecule has 0 spiro atoms. The smallest absolute Gasteiger partial charge is 0.494 e. The van der Waals surface area contributed by atoms with Gasteiger partial charge in [-0.25, -0.2) is 4.79 Å². The van der Waals surface area contributed by atoms with E-state index in [-0.39, 0.29) is 0 Å². The predicted octanol–water partition coefficient (Wildman–Crippen LogP) is 4.16. The first-order valence-corrected chi connectivity index (χ1v) is 6.44. The van der Waals surface area contributed by atoms with Gasteiger partial charge in [-0.15, -0.1) is 0 Å². The summed E-state index contributed by atoms with van der Waals surface area (Å²) < 4.78 is 16.2. The molecular formula is C13H17BrO4. The van der Waals surface area contributed by atoms with Crippen molar-refractivity contribution in [3.8, 4) is 11.5 Å². The molecule has 0 aliphatic rings. The first-order chi connectivity index (χ1) is 8.31. The molecule has 18 heavy (non-hydrogen) atoms. The van der Waals surface area contributed by atoms with E-state index < -0.39 is 11.8 Å². The van der Waals surface area contributed by atoms with Crippen LogP contribution in [-0.4, -0.2) is 18.4 Å². The van der Waals surface area contributed by atoms with Gasteiger partial charge in [-0.05, 0) is 55.8 Å². The molecule has 0 N–H and O–H groups in total. The highest BCUT2D eigenvalue weighted by molar-refractivity contribution is 9.10. The Morgan fingerprint density at radius 1 is 1.33 bits per heavy atom. The normalized spacial score (nSPS) is 10.9. The maximum absolute atomic E-state index is 11.5. The molecule has 0 aliphatic carbocycles. The molecule has 0 heterocycles. The number of halogens is 1. The molecule has 5 heteroatoms. The highest BCUT2D eigenvalue weighted by Gasteiger charge is 2.19. The first kappa shape index (κ1) is 14.8. The van der Waals surface area contributed by atoms with Gasteiger partial charge in [0.25, 0.3) is 0 Å². The topological polar surface area (TPSA) is 44.8 Å². The lowest BCUT2D eigenvalue weighted by Gasteiger charge is -2.19. The van der Waals surface area contributed by atoms with Crippen molar-refractivity contribution >= 4 is 22.1 Å². The highest BCUT2D eigenvalue weighted by atomic mass is 79.9. The van der Waals surface area contributed by atoms with Gasteiger partial charge in [0.1, 0.15) is 11.4 Å². The Hall–Kier alpha value is -1.23. The summed E-state index contributed by atoms with van der Waals surface area (Å²) in [6.45, 7) is 7.77. The number of hydrogen-bond acceptors (Lipinski definition) is 4. The van der Waals surface area contributed by atoms with Gasteiger partial charge in [0.2, 0.25) is 0 Å². The molecule has 0 fully saturated rings. The number of ether oxygens (including phenoxy) is 3. The van der Waals surface area contributed by atoms with E-state index in [9.17, 15) is 4.79 Å². The predicted molar refractivity (Wildman–Crippen MR) is 72.2 cm³/mol. The van der Waals surface area contributed by atoms with Crippen LogP contribution in [0.4, 0.5) is 4.79 Å². The molecule has 1 aromatic rings. The maximum Gasteiger partial charge on any atom is 0.514 e. The quantitative estimate of drug-likeness (QED) is 0.620. The third kappa shape index (κ3) is 4.96. The lowest BCUT2D eigenvalue weighted by atomic mass is 10.2. The zero-order valence-corrected chi connectivity index (χ0v) is 12.5. The lowest BCUT2D eigenvalue weighted by molar-refractivity contribution is 0.0204. The lowest BCUT2D eigenvalue weighted by Crippen LogP contribution is -2.26. The van der Waals surface area contributed by atoms with Crippen LogP contribution in [0.5, 0.6) is 11.5 Å². The fourth-order valence-corrected chi connectivity index (χ4v) is 1.51. The maximum atomic E-state index is 11.5. The molecule has 0 aliphatic heterocycles. The van der Waals surface area contributed by atoms with Crippen LogP contribution < -0.4 is 9.47 Å². The van der Waals surface area contributed by atoms with E-state index in [2.05, 4.69) is 15.9 Å². The summed E-state index contributed by atoms with van der Waals surface area (Å²) >= 11 is 3.30. The minimum absolute atomic E-state index is 0.371. The molecule has 0 saturated carbocycles. The first-order valence-electron chi connectivity index (χ1n) is 5.65. The summed E-state index contributed by atoms with van der Waals surface area (Å²) in [6.07, 6.45) is -0.739. The third-order valence-corrected chi connectivity index (χ3v) is 2.45. The molecule has 1 aromatic carbocycles. The second-order valence-corrected chi connectivity index (χ2v) is 5.45. The van der Waals surface area contributed by atoms with Crippen LogP contribution in [0, 0.1) is 0 Å². The molecule has 0 amide bonds. The number of carbonyl (C=O) groups is 1. The second-order valence-electron chi connectivity index (χ2n) is 4.59. The van der Waals surface area contributed by atoms with Gasteiger partial charge in [0, 0.05) is 6.07 Å². The van der Waals surface area contributed by atoms with Gasteiger partial charge in [-0.3, -0.25) is 0 Å². The molecule has 0 saturated heterocycles. The van der Waals surface area contributed by atoms with Crippen molar-refractivity contribution in [3.05, 3.63) is 22.7 Å². The van der Waals surface area contributed by atoms with Crippen LogP contribution in [-0.2, 0) is 4.74 Å². The molecule has 0 unspecified atom stereocenters. The monoisotopic (exact) mass is 316 g/mol. The van der Waals surface area contributed by atoms with E-state index >= 15 is 0 Å². The van der Waals surface area contributed by atoms with E-state index in [0.29, 0.717) is 22.6 Å². The summed E-state index contributed by atoms with van der Waals surface area (Å²) in [6, 6.07) is 5.18. The van der Waals surface area contributed by atoms with Gasteiger partial charge >= 0.3 is 6.16 Å². The number of hydrogen-bond donors (Lipinski definition) is 0. The van der Waals surface area contributed by atoms with E-state index in [4.69, 9.17) is 14.2 Å². The van der Waals surface area contributed by atoms with Crippen LogP contribution in [0.25, 0.3) is 0 Å². The molecule has 0 bridgehead atoms. The Morgan fingerprint density at radius 3 is 2.56 bits per heavy atom. The molecule has 4 nitrogen and oxygen atoms in total. The van der Waals surface area contributed by atoms with Gasteiger partial charge in [-0.1, -0.05) is 0 Å². The largest absolute Gasteiger partial charge is 0.514 e. The van der Waals surface area contributed by atoms with Crippen molar-refractivity contribution < 1.29 is 19.0 Å². The molecule has 0 atom stereocenters. The average Bonchev–Trinajstić information content (AvgIpc) is 2.20. The standard InChI is InChI=1S/C13H17BrO4/c1-5-16-9-6-7-10(14)11(8-9)17-12(15)18-13(2,3)4/h6-8H,5H2,1-4H3. The average molecular weight is 317 g/mol. The van der Waals surface area contributed by atoms with Gasteiger partial charge in [0.15, 0.2) is 5.75 Å². The van der Waals surface area contributed by atoms with Gasteiger partial charge < -0.3 is 14.2 Å². The highest BCUT2D eigenvalue weighted by Crippen LogP contribution is 2.30. The molecule has 0 aromatic heterocycles. The zero-order chi connectivity index (χ0) is 13.8. The minimum atomic E-state index is -0.739.